The van der Waals surface area contributed by atoms with Crippen LogP contribution in [0.2, 0.25) is 0 Å². The Kier molecular flexibility index (Phi) is 3.79. The molecule has 1 unspecified atom stereocenters. The van der Waals surface area contributed by atoms with E-state index in [2.05, 4.69) is 21.4 Å². The molecule has 0 aromatic carbocycles. The lowest BCUT2D eigenvalue weighted by Crippen LogP contribution is -2.29. The Bertz CT molecular complexity index is 521. The Hall–Kier alpha value is -1.81. The van der Waals surface area contributed by atoms with Gasteiger partial charge < -0.3 is 5.32 Å². The van der Waals surface area contributed by atoms with Crippen LogP contribution in [0.25, 0.3) is 0 Å². The monoisotopic (exact) mass is 254 g/mol. The predicted molar refractivity (Wildman–Crippen MR) is 73.9 cm³/mol. The molecule has 2 aromatic rings. The van der Waals surface area contributed by atoms with Crippen molar-refractivity contribution in [1.82, 2.24) is 20.3 Å². The number of nitrogens with zero attached hydrogens (tertiary/aromatic N) is 3. The van der Waals surface area contributed by atoms with Gasteiger partial charge in [-0.05, 0) is 37.1 Å². The molecule has 3 heterocycles. The minimum absolute atomic E-state index is 0.532. The molecule has 98 valence electrons. The molecular formula is C15H18N4. The molecule has 0 saturated carbocycles. The van der Waals surface area contributed by atoms with Crippen LogP contribution in [0.1, 0.15) is 35.8 Å². The highest BCUT2D eigenvalue weighted by atomic mass is 14.9. The summed E-state index contributed by atoms with van der Waals surface area (Å²) in [6.45, 7) is 2.16. The first-order valence-corrected chi connectivity index (χ1v) is 6.83. The normalized spacial score (nSPS) is 19.3. The van der Waals surface area contributed by atoms with E-state index in [9.17, 15) is 0 Å². The van der Waals surface area contributed by atoms with Crippen LogP contribution in [0.5, 0.6) is 0 Å². The van der Waals surface area contributed by atoms with Crippen molar-refractivity contribution in [3.05, 3.63) is 53.9 Å². The fourth-order valence-electron chi connectivity index (χ4n) is 2.52. The summed E-state index contributed by atoms with van der Waals surface area (Å²) >= 11 is 0. The van der Waals surface area contributed by atoms with E-state index >= 15 is 0 Å². The first-order valence-electron chi connectivity index (χ1n) is 6.83. The summed E-state index contributed by atoms with van der Waals surface area (Å²) in [6, 6.07) is 6.06. The van der Waals surface area contributed by atoms with E-state index in [1.54, 1.807) is 6.20 Å². The van der Waals surface area contributed by atoms with Gasteiger partial charge in [-0.2, -0.15) is 0 Å². The Morgan fingerprint density at radius 1 is 1.26 bits per heavy atom. The average molecular weight is 254 g/mol. The van der Waals surface area contributed by atoms with Crippen molar-refractivity contribution in [1.29, 1.82) is 0 Å². The number of nitrogens with one attached hydrogen (secondary N) is 1. The third kappa shape index (κ3) is 3.15. The lowest BCUT2D eigenvalue weighted by Gasteiger charge is -2.22. The van der Waals surface area contributed by atoms with E-state index < -0.39 is 0 Å². The van der Waals surface area contributed by atoms with Gasteiger partial charge in [-0.1, -0.05) is 6.07 Å². The summed E-state index contributed by atoms with van der Waals surface area (Å²) in [5.74, 6) is 1.42. The number of pyridine rings is 1. The molecule has 0 aliphatic carbocycles. The number of aromatic nitrogens is 3. The molecule has 0 radical (unpaired) electrons. The zero-order chi connectivity index (χ0) is 12.9. The smallest absolute Gasteiger partial charge is 0.132 e. The molecule has 4 heteroatoms. The van der Waals surface area contributed by atoms with Crippen LogP contribution in [0.3, 0.4) is 0 Å². The maximum absolute atomic E-state index is 4.71. The van der Waals surface area contributed by atoms with E-state index in [-0.39, 0.29) is 0 Å². The molecule has 0 bridgehead atoms. The van der Waals surface area contributed by atoms with E-state index in [0.717, 1.165) is 30.9 Å². The fraction of sp³-hybridized carbons (Fsp3) is 0.400. The van der Waals surface area contributed by atoms with E-state index in [1.807, 2.05) is 24.5 Å². The molecule has 19 heavy (non-hydrogen) atoms. The highest BCUT2D eigenvalue weighted by Crippen LogP contribution is 2.21. The molecule has 1 saturated heterocycles. The molecule has 0 spiro atoms. The Labute approximate surface area is 113 Å². The minimum Gasteiger partial charge on any atom is -0.316 e. The van der Waals surface area contributed by atoms with Crippen molar-refractivity contribution >= 4 is 0 Å². The largest absolute Gasteiger partial charge is 0.316 e. The second-order valence-corrected chi connectivity index (χ2v) is 4.98. The number of piperidine rings is 1. The van der Waals surface area contributed by atoms with Gasteiger partial charge in [-0.25, -0.2) is 9.97 Å². The van der Waals surface area contributed by atoms with Crippen LogP contribution < -0.4 is 5.32 Å². The maximum Gasteiger partial charge on any atom is 0.132 e. The standard InChI is InChI=1S/C15H18N4/c1-3-12(10-16-6-1)9-15-18-8-5-14(19-15)13-4-2-7-17-11-13/h1,3,5-6,8,10,13,17H,2,4,7,9,11H2. The third-order valence-electron chi connectivity index (χ3n) is 3.53. The molecule has 2 aromatic heterocycles. The van der Waals surface area contributed by atoms with Crippen LogP contribution in [0.4, 0.5) is 0 Å². The fourth-order valence-corrected chi connectivity index (χ4v) is 2.52. The molecule has 1 N–H and O–H groups in total. The molecule has 0 amide bonds. The highest BCUT2D eigenvalue weighted by Gasteiger charge is 2.16. The van der Waals surface area contributed by atoms with Crippen LogP contribution >= 0.6 is 0 Å². The molecule has 4 nitrogen and oxygen atoms in total. The topological polar surface area (TPSA) is 50.7 Å². The summed E-state index contributed by atoms with van der Waals surface area (Å²) in [5, 5.41) is 3.43. The van der Waals surface area contributed by atoms with Crippen LogP contribution in [0.15, 0.2) is 36.8 Å². The molecular weight excluding hydrogens is 236 g/mol. The van der Waals surface area contributed by atoms with Gasteiger partial charge in [0.1, 0.15) is 5.82 Å². The van der Waals surface area contributed by atoms with Crippen LogP contribution in [0, 0.1) is 0 Å². The number of rotatable bonds is 3. The van der Waals surface area contributed by atoms with Gasteiger partial charge in [-0.3, -0.25) is 4.98 Å². The van der Waals surface area contributed by atoms with Crippen LogP contribution in [-0.2, 0) is 6.42 Å². The van der Waals surface area contributed by atoms with E-state index in [0.29, 0.717) is 5.92 Å². The number of hydrogen-bond acceptors (Lipinski definition) is 4. The van der Waals surface area contributed by atoms with Gasteiger partial charge in [-0.15, -0.1) is 0 Å². The van der Waals surface area contributed by atoms with Gasteiger partial charge in [0.2, 0.25) is 0 Å². The van der Waals surface area contributed by atoms with Crippen molar-refractivity contribution in [2.75, 3.05) is 13.1 Å². The first-order chi connectivity index (χ1) is 9.42. The van der Waals surface area contributed by atoms with Crippen molar-refractivity contribution < 1.29 is 0 Å². The third-order valence-corrected chi connectivity index (χ3v) is 3.53. The summed E-state index contributed by atoms with van der Waals surface area (Å²) in [5.41, 5.74) is 2.32. The minimum atomic E-state index is 0.532. The Morgan fingerprint density at radius 3 is 3.05 bits per heavy atom. The molecule has 1 aliphatic heterocycles. The molecule has 1 fully saturated rings. The summed E-state index contributed by atoms with van der Waals surface area (Å²) < 4.78 is 0. The SMILES string of the molecule is c1cncc(Cc2nccc(C3CCCNC3)n2)c1. The Balaban J connectivity index is 1.76. The van der Waals surface area contributed by atoms with Crippen LogP contribution in [-0.4, -0.2) is 28.0 Å². The predicted octanol–water partition coefficient (Wildman–Crippen LogP) is 1.93. The lowest BCUT2D eigenvalue weighted by atomic mass is 9.96. The van der Waals surface area contributed by atoms with Gasteiger partial charge in [0.15, 0.2) is 0 Å². The zero-order valence-electron chi connectivity index (χ0n) is 10.9. The average Bonchev–Trinajstić information content (AvgIpc) is 2.49. The summed E-state index contributed by atoms with van der Waals surface area (Å²) in [6.07, 6.45) is 8.74. The first kappa shape index (κ1) is 12.2. The molecule has 1 atom stereocenters. The highest BCUT2D eigenvalue weighted by molar-refractivity contribution is 5.17. The maximum atomic E-state index is 4.71. The second-order valence-electron chi connectivity index (χ2n) is 4.98. The quantitative estimate of drug-likeness (QED) is 0.909. The second kappa shape index (κ2) is 5.89. The summed E-state index contributed by atoms with van der Waals surface area (Å²) in [4.78, 5) is 13.2. The van der Waals surface area contributed by atoms with Gasteiger partial charge >= 0.3 is 0 Å². The van der Waals surface area contributed by atoms with Gasteiger partial charge in [0.05, 0.1) is 0 Å². The zero-order valence-corrected chi connectivity index (χ0v) is 10.9. The van der Waals surface area contributed by atoms with Gasteiger partial charge in [0, 0.05) is 43.2 Å². The van der Waals surface area contributed by atoms with Crippen molar-refractivity contribution in [2.45, 2.75) is 25.2 Å². The van der Waals surface area contributed by atoms with E-state index in [1.165, 1.54) is 18.5 Å². The number of hydrogen-bond donors (Lipinski definition) is 1. The Morgan fingerprint density at radius 2 is 2.26 bits per heavy atom. The van der Waals surface area contributed by atoms with E-state index in [4.69, 9.17) is 4.98 Å². The van der Waals surface area contributed by atoms with Crippen molar-refractivity contribution in [3.8, 4) is 0 Å². The van der Waals surface area contributed by atoms with Crippen molar-refractivity contribution in [3.63, 3.8) is 0 Å². The molecule has 3 rings (SSSR count). The van der Waals surface area contributed by atoms with Gasteiger partial charge in [0.25, 0.3) is 0 Å². The lowest BCUT2D eigenvalue weighted by molar-refractivity contribution is 0.453. The van der Waals surface area contributed by atoms with Crippen molar-refractivity contribution in [2.24, 2.45) is 0 Å². The summed E-state index contributed by atoms with van der Waals surface area (Å²) in [7, 11) is 0. The molecule has 1 aliphatic rings.